The maximum absolute atomic E-state index is 10.9. The molecule has 1 aromatic heterocycles. The molecule has 2 aromatic carbocycles. The van der Waals surface area contributed by atoms with Crippen LogP contribution in [0.4, 0.5) is 0 Å². The highest BCUT2D eigenvalue weighted by atomic mass is 35.5. The first-order chi connectivity index (χ1) is 9.16. The number of para-hydroxylation sites is 2. The molecule has 0 fully saturated rings. The van der Waals surface area contributed by atoms with Crippen molar-refractivity contribution in [3.05, 3.63) is 59.4 Å². The zero-order chi connectivity index (χ0) is 13.4. The van der Waals surface area contributed by atoms with E-state index in [9.17, 15) is 4.79 Å². The average Bonchev–Trinajstić information content (AvgIpc) is 2.82. The van der Waals surface area contributed by atoms with Crippen LogP contribution in [0.15, 0.2) is 48.8 Å². The lowest BCUT2D eigenvalue weighted by atomic mass is 10.2. The van der Waals surface area contributed by atoms with Crippen molar-refractivity contribution >= 4 is 28.6 Å². The summed E-state index contributed by atoms with van der Waals surface area (Å²) >= 11 is 5.98. The van der Waals surface area contributed by atoms with Gasteiger partial charge in [0.2, 0.25) is 0 Å². The summed E-state index contributed by atoms with van der Waals surface area (Å²) in [4.78, 5) is 15.2. The van der Waals surface area contributed by atoms with E-state index < -0.39 is 5.97 Å². The lowest BCUT2D eigenvalue weighted by Crippen LogP contribution is -1.99. The Morgan fingerprint density at radius 2 is 2.00 bits per heavy atom. The zero-order valence-electron chi connectivity index (χ0n) is 9.75. The summed E-state index contributed by atoms with van der Waals surface area (Å²) in [7, 11) is 0. The minimum absolute atomic E-state index is 0.0924. The number of halogens is 1. The van der Waals surface area contributed by atoms with Crippen LogP contribution in [-0.4, -0.2) is 20.6 Å². The van der Waals surface area contributed by atoms with Crippen molar-refractivity contribution in [1.29, 1.82) is 0 Å². The van der Waals surface area contributed by atoms with Gasteiger partial charge in [-0.25, -0.2) is 9.78 Å². The largest absolute Gasteiger partial charge is 0.478 e. The predicted molar refractivity (Wildman–Crippen MR) is 73.0 cm³/mol. The van der Waals surface area contributed by atoms with Crippen molar-refractivity contribution in [3.8, 4) is 5.69 Å². The minimum Gasteiger partial charge on any atom is -0.478 e. The van der Waals surface area contributed by atoms with Crippen LogP contribution in [-0.2, 0) is 0 Å². The number of benzene rings is 2. The number of rotatable bonds is 2. The van der Waals surface area contributed by atoms with Crippen LogP contribution in [0.3, 0.4) is 0 Å². The topological polar surface area (TPSA) is 55.1 Å². The summed E-state index contributed by atoms with van der Waals surface area (Å²) < 4.78 is 1.87. The van der Waals surface area contributed by atoms with E-state index in [0.717, 1.165) is 16.7 Å². The van der Waals surface area contributed by atoms with E-state index >= 15 is 0 Å². The van der Waals surface area contributed by atoms with E-state index in [1.807, 2.05) is 28.8 Å². The van der Waals surface area contributed by atoms with E-state index in [4.69, 9.17) is 16.7 Å². The first-order valence-electron chi connectivity index (χ1n) is 5.62. The second kappa shape index (κ2) is 4.40. The maximum atomic E-state index is 10.9. The number of carboxylic acids is 1. The summed E-state index contributed by atoms with van der Waals surface area (Å²) in [6.07, 6.45) is 1.69. The van der Waals surface area contributed by atoms with Crippen molar-refractivity contribution in [2.24, 2.45) is 0 Å². The molecule has 0 atom stereocenters. The molecule has 0 aliphatic heterocycles. The molecule has 3 aromatic rings. The first-order valence-corrected chi connectivity index (χ1v) is 6.00. The van der Waals surface area contributed by atoms with Crippen molar-refractivity contribution in [2.75, 3.05) is 0 Å². The van der Waals surface area contributed by atoms with Crippen LogP contribution >= 0.6 is 11.6 Å². The van der Waals surface area contributed by atoms with E-state index in [1.165, 1.54) is 6.07 Å². The summed E-state index contributed by atoms with van der Waals surface area (Å²) in [5, 5.41) is 9.17. The lowest BCUT2D eigenvalue weighted by molar-refractivity contribution is 0.0697. The molecular formula is C14H9ClN2O2. The lowest BCUT2D eigenvalue weighted by Gasteiger charge is -2.06. The van der Waals surface area contributed by atoms with Gasteiger partial charge >= 0.3 is 5.97 Å². The van der Waals surface area contributed by atoms with Gasteiger partial charge in [-0.1, -0.05) is 23.7 Å². The second-order valence-electron chi connectivity index (χ2n) is 4.07. The molecule has 0 saturated carbocycles. The molecule has 0 radical (unpaired) electrons. The maximum Gasteiger partial charge on any atom is 0.337 e. The number of nitrogens with zero attached hydrogens (tertiary/aromatic N) is 2. The molecule has 0 aliphatic carbocycles. The van der Waals surface area contributed by atoms with Gasteiger partial charge < -0.3 is 5.11 Å². The van der Waals surface area contributed by atoms with Crippen LogP contribution < -0.4 is 0 Å². The highest BCUT2D eigenvalue weighted by Gasteiger charge is 2.10. The molecule has 0 amide bonds. The highest BCUT2D eigenvalue weighted by molar-refractivity contribution is 6.33. The van der Waals surface area contributed by atoms with Gasteiger partial charge in [0.25, 0.3) is 0 Å². The third kappa shape index (κ3) is 1.96. The molecule has 0 aliphatic rings. The fourth-order valence-corrected chi connectivity index (χ4v) is 2.25. The minimum atomic E-state index is -1.04. The summed E-state index contributed by atoms with van der Waals surface area (Å²) in [5.41, 5.74) is 2.70. The number of carboxylic acid groups (broad SMARTS) is 1. The Morgan fingerprint density at radius 1 is 1.21 bits per heavy atom. The molecule has 1 heterocycles. The Labute approximate surface area is 113 Å². The third-order valence-corrected chi connectivity index (χ3v) is 3.23. The van der Waals surface area contributed by atoms with Crippen LogP contribution in [0.25, 0.3) is 16.7 Å². The predicted octanol–water partition coefficient (Wildman–Crippen LogP) is 3.38. The molecule has 5 heteroatoms. The van der Waals surface area contributed by atoms with Gasteiger partial charge in [0.1, 0.15) is 6.33 Å². The fraction of sp³-hybridized carbons (Fsp3) is 0. The number of imidazole rings is 1. The molecule has 0 unspecified atom stereocenters. The molecule has 1 N–H and O–H groups in total. The van der Waals surface area contributed by atoms with Gasteiger partial charge in [0.15, 0.2) is 0 Å². The quantitative estimate of drug-likeness (QED) is 0.778. The monoisotopic (exact) mass is 272 g/mol. The molecule has 3 rings (SSSR count). The van der Waals surface area contributed by atoms with Crippen LogP contribution in [0.1, 0.15) is 10.4 Å². The molecule has 0 spiro atoms. The number of aromatic carboxylic acids is 1. The first kappa shape index (κ1) is 11.7. The second-order valence-corrected chi connectivity index (χ2v) is 4.48. The average molecular weight is 273 g/mol. The van der Waals surface area contributed by atoms with E-state index in [2.05, 4.69) is 4.98 Å². The fourth-order valence-electron chi connectivity index (χ4n) is 1.99. The highest BCUT2D eigenvalue weighted by Crippen LogP contribution is 2.23. The van der Waals surface area contributed by atoms with Crippen molar-refractivity contribution in [2.45, 2.75) is 0 Å². The van der Waals surface area contributed by atoms with E-state index in [-0.39, 0.29) is 10.6 Å². The summed E-state index contributed by atoms with van der Waals surface area (Å²) in [6.45, 7) is 0. The Balaban J connectivity index is 2.17. The van der Waals surface area contributed by atoms with Crippen molar-refractivity contribution < 1.29 is 9.90 Å². The number of carbonyl (C=O) groups is 1. The van der Waals surface area contributed by atoms with Gasteiger partial charge in [0, 0.05) is 5.69 Å². The Kier molecular flexibility index (Phi) is 2.72. The molecule has 4 nitrogen and oxygen atoms in total. The van der Waals surface area contributed by atoms with E-state index in [0.29, 0.717) is 0 Å². The smallest absolute Gasteiger partial charge is 0.337 e. The Hall–Kier alpha value is -2.33. The number of hydrogen-bond donors (Lipinski definition) is 1. The van der Waals surface area contributed by atoms with Crippen molar-refractivity contribution in [1.82, 2.24) is 9.55 Å². The molecule has 0 bridgehead atoms. The zero-order valence-corrected chi connectivity index (χ0v) is 10.5. The van der Waals surface area contributed by atoms with Gasteiger partial charge in [-0.15, -0.1) is 0 Å². The number of hydrogen-bond acceptors (Lipinski definition) is 2. The SMILES string of the molecule is O=C(O)c1ccc(-n2cnc3ccccc32)cc1Cl. The molecule has 0 saturated heterocycles. The molecular weight excluding hydrogens is 264 g/mol. The van der Waals surface area contributed by atoms with Crippen molar-refractivity contribution in [3.63, 3.8) is 0 Å². The van der Waals surface area contributed by atoms with Crippen LogP contribution in [0, 0.1) is 0 Å². The number of aromatic nitrogens is 2. The molecule has 19 heavy (non-hydrogen) atoms. The van der Waals surface area contributed by atoms with Gasteiger partial charge in [-0.3, -0.25) is 4.57 Å². The van der Waals surface area contributed by atoms with Crippen LogP contribution in [0.2, 0.25) is 5.02 Å². The Morgan fingerprint density at radius 3 is 2.74 bits per heavy atom. The van der Waals surface area contributed by atoms with Crippen LogP contribution in [0.5, 0.6) is 0 Å². The van der Waals surface area contributed by atoms with Gasteiger partial charge in [-0.05, 0) is 30.3 Å². The normalized spacial score (nSPS) is 10.8. The third-order valence-electron chi connectivity index (χ3n) is 2.91. The Bertz CT molecular complexity index is 780. The van der Waals surface area contributed by atoms with Gasteiger partial charge in [-0.2, -0.15) is 0 Å². The summed E-state index contributed by atoms with van der Waals surface area (Å²) in [6, 6.07) is 12.5. The molecule has 94 valence electrons. The standard InChI is InChI=1S/C14H9ClN2O2/c15-11-7-9(5-6-10(11)14(18)19)17-8-16-12-3-1-2-4-13(12)17/h1-8H,(H,18,19). The van der Waals surface area contributed by atoms with Gasteiger partial charge in [0.05, 0.1) is 21.6 Å². The van der Waals surface area contributed by atoms with E-state index in [1.54, 1.807) is 18.5 Å². The summed E-state index contributed by atoms with van der Waals surface area (Å²) in [5.74, 6) is -1.04. The number of fused-ring (bicyclic) bond motifs is 1.